The van der Waals surface area contributed by atoms with E-state index in [1.54, 1.807) is 16.9 Å². The Bertz CT molecular complexity index is 1090. The molecule has 3 heterocycles. The summed E-state index contributed by atoms with van der Waals surface area (Å²) >= 11 is 10.9. The molecular weight excluding hydrogens is 454 g/mol. The Balaban J connectivity index is 1.43. The predicted octanol–water partition coefficient (Wildman–Crippen LogP) is 1.29. The third kappa shape index (κ3) is 4.75. The molecule has 11 nitrogen and oxygen atoms in total. The van der Waals surface area contributed by atoms with Gasteiger partial charge in [-0.15, -0.1) is 5.10 Å². The molecule has 162 valence electrons. The van der Waals surface area contributed by atoms with Crippen molar-refractivity contribution in [1.82, 2.24) is 35.1 Å². The number of aromatic nitrogens is 6. The van der Waals surface area contributed by atoms with E-state index >= 15 is 0 Å². The van der Waals surface area contributed by atoms with E-state index in [1.807, 2.05) is 0 Å². The van der Waals surface area contributed by atoms with Crippen LogP contribution in [-0.2, 0) is 16.1 Å². The molecule has 0 saturated carbocycles. The normalized spacial score (nSPS) is 16.1. The van der Waals surface area contributed by atoms with Crippen LogP contribution in [-0.4, -0.2) is 65.8 Å². The predicted molar refractivity (Wildman–Crippen MR) is 107 cm³/mol. The van der Waals surface area contributed by atoms with E-state index in [1.165, 1.54) is 34.4 Å². The molecule has 14 heteroatoms. The second-order valence-corrected chi connectivity index (χ2v) is 7.64. The Morgan fingerprint density at radius 2 is 2.23 bits per heavy atom. The zero-order valence-electron chi connectivity index (χ0n) is 15.7. The van der Waals surface area contributed by atoms with Crippen molar-refractivity contribution in [1.29, 1.82) is 0 Å². The fourth-order valence-electron chi connectivity index (χ4n) is 2.95. The van der Waals surface area contributed by atoms with Crippen molar-refractivity contribution in [3.05, 3.63) is 48.6 Å². The van der Waals surface area contributed by atoms with Gasteiger partial charge in [0.2, 0.25) is 0 Å². The summed E-state index contributed by atoms with van der Waals surface area (Å²) in [7, 11) is 0. The lowest BCUT2D eigenvalue weighted by Crippen LogP contribution is -2.37. The van der Waals surface area contributed by atoms with Crippen LogP contribution >= 0.6 is 23.2 Å². The number of nitrogens with zero attached hydrogens (tertiary/aromatic N) is 7. The molecule has 3 aromatic rings. The summed E-state index contributed by atoms with van der Waals surface area (Å²) in [4.78, 5) is 27.5. The lowest BCUT2D eigenvalue weighted by Gasteiger charge is -2.14. The molecule has 0 aliphatic carbocycles. The number of benzene rings is 1. The van der Waals surface area contributed by atoms with Gasteiger partial charge in [-0.2, -0.15) is 5.10 Å². The maximum atomic E-state index is 14.8. The molecule has 0 bridgehead atoms. The third-order valence-corrected chi connectivity index (χ3v) is 4.79. The molecule has 1 aliphatic rings. The molecule has 1 fully saturated rings. The number of alkyl halides is 2. The van der Waals surface area contributed by atoms with Crippen LogP contribution in [0, 0.1) is 5.82 Å². The molecule has 1 saturated heterocycles. The molecule has 2 amide bonds. The first-order chi connectivity index (χ1) is 14.9. The topological polar surface area (TPSA) is 120 Å². The average molecular weight is 469 g/mol. The van der Waals surface area contributed by atoms with E-state index in [2.05, 4.69) is 25.7 Å². The maximum absolute atomic E-state index is 14.8. The standard InChI is InChI=1S/C17H15Cl2FN8O3/c18-15(19)16(29)22-4-12-7-27(17(30)31-12)11-1-2-14(13(20)3-11)28-6-10(24-25-28)5-26-9-21-8-23-26/h1-3,6,8-9,12,15H,4-5,7H2,(H,22,29)/t12-/m0/s1. The Morgan fingerprint density at radius 3 is 2.94 bits per heavy atom. The highest BCUT2D eigenvalue weighted by atomic mass is 35.5. The van der Waals surface area contributed by atoms with Gasteiger partial charge in [-0.25, -0.2) is 23.5 Å². The van der Waals surface area contributed by atoms with Crippen LogP contribution in [0.3, 0.4) is 0 Å². The summed E-state index contributed by atoms with van der Waals surface area (Å²) in [6.45, 7) is 0.495. The smallest absolute Gasteiger partial charge is 0.414 e. The number of amides is 2. The Morgan fingerprint density at radius 1 is 1.39 bits per heavy atom. The molecule has 1 N–H and O–H groups in total. The maximum Gasteiger partial charge on any atom is 0.414 e. The van der Waals surface area contributed by atoms with Crippen LogP contribution in [0.1, 0.15) is 5.69 Å². The van der Waals surface area contributed by atoms with E-state index in [0.717, 1.165) is 0 Å². The van der Waals surface area contributed by atoms with Gasteiger partial charge in [0.25, 0.3) is 5.91 Å². The van der Waals surface area contributed by atoms with Gasteiger partial charge in [0.05, 0.1) is 31.5 Å². The van der Waals surface area contributed by atoms with Crippen molar-refractivity contribution in [2.24, 2.45) is 0 Å². The van der Waals surface area contributed by atoms with Crippen molar-refractivity contribution >= 4 is 40.9 Å². The summed E-state index contributed by atoms with van der Waals surface area (Å²) in [6, 6.07) is 4.24. The van der Waals surface area contributed by atoms with Crippen LogP contribution in [0.15, 0.2) is 37.1 Å². The number of cyclic esters (lactones) is 1. The number of carbonyl (C=O) groups excluding carboxylic acids is 2. The molecule has 31 heavy (non-hydrogen) atoms. The number of halogens is 3. The highest BCUT2D eigenvalue weighted by molar-refractivity contribution is 6.53. The summed E-state index contributed by atoms with van der Waals surface area (Å²) in [6.07, 6.45) is 3.23. The van der Waals surface area contributed by atoms with Crippen LogP contribution in [0.25, 0.3) is 5.69 Å². The second-order valence-electron chi connectivity index (χ2n) is 6.55. The zero-order chi connectivity index (χ0) is 22.0. The number of ether oxygens (including phenoxy) is 1. The lowest BCUT2D eigenvalue weighted by molar-refractivity contribution is -0.119. The van der Waals surface area contributed by atoms with Crippen molar-refractivity contribution < 1.29 is 18.7 Å². The molecule has 0 radical (unpaired) electrons. The number of hydrogen-bond acceptors (Lipinski definition) is 7. The van der Waals surface area contributed by atoms with Crippen LogP contribution in [0.5, 0.6) is 0 Å². The second kappa shape index (κ2) is 8.86. The molecule has 0 spiro atoms. The van der Waals surface area contributed by atoms with Crippen molar-refractivity contribution in [3.63, 3.8) is 0 Å². The van der Waals surface area contributed by atoms with Gasteiger partial charge in [0, 0.05) is 0 Å². The molecule has 1 aliphatic heterocycles. The minimum Gasteiger partial charge on any atom is -0.442 e. The highest BCUT2D eigenvalue weighted by Crippen LogP contribution is 2.25. The van der Waals surface area contributed by atoms with Crippen molar-refractivity contribution in [3.8, 4) is 5.69 Å². The first-order valence-corrected chi connectivity index (χ1v) is 9.85. The molecule has 2 aromatic heterocycles. The summed E-state index contributed by atoms with van der Waals surface area (Å²) in [5, 5.41) is 14.4. The van der Waals surface area contributed by atoms with Crippen molar-refractivity contribution in [2.75, 3.05) is 18.0 Å². The zero-order valence-corrected chi connectivity index (χ0v) is 17.2. The van der Waals surface area contributed by atoms with Crippen LogP contribution in [0.4, 0.5) is 14.9 Å². The quantitative estimate of drug-likeness (QED) is 0.518. The highest BCUT2D eigenvalue weighted by Gasteiger charge is 2.33. The largest absolute Gasteiger partial charge is 0.442 e. The van der Waals surface area contributed by atoms with E-state index in [9.17, 15) is 14.0 Å². The van der Waals surface area contributed by atoms with Gasteiger partial charge in [-0.05, 0) is 18.2 Å². The van der Waals surface area contributed by atoms with E-state index in [0.29, 0.717) is 17.9 Å². The van der Waals surface area contributed by atoms with E-state index < -0.39 is 28.8 Å². The monoisotopic (exact) mass is 468 g/mol. The Hall–Kier alpha value is -3.25. The van der Waals surface area contributed by atoms with Gasteiger partial charge in [0.1, 0.15) is 30.1 Å². The fourth-order valence-corrected chi connectivity index (χ4v) is 3.10. The Kier molecular flexibility index (Phi) is 6.00. The van der Waals surface area contributed by atoms with Gasteiger partial charge in [-0.1, -0.05) is 28.4 Å². The summed E-state index contributed by atoms with van der Waals surface area (Å²) in [5.41, 5.74) is 1.03. The first kappa shape index (κ1) is 21.0. The van der Waals surface area contributed by atoms with E-state index in [-0.39, 0.29) is 18.8 Å². The van der Waals surface area contributed by atoms with Crippen molar-refractivity contribution in [2.45, 2.75) is 17.5 Å². The van der Waals surface area contributed by atoms with Crippen LogP contribution in [0.2, 0.25) is 0 Å². The van der Waals surface area contributed by atoms with Gasteiger partial charge in [-0.3, -0.25) is 9.69 Å². The minimum absolute atomic E-state index is 0.0328. The van der Waals surface area contributed by atoms with Gasteiger partial charge >= 0.3 is 6.09 Å². The Labute approximate surface area is 184 Å². The minimum atomic E-state index is -1.22. The van der Waals surface area contributed by atoms with Gasteiger partial charge in [0.15, 0.2) is 10.7 Å². The number of hydrogen-bond donors (Lipinski definition) is 1. The van der Waals surface area contributed by atoms with E-state index in [4.69, 9.17) is 27.9 Å². The first-order valence-electron chi connectivity index (χ1n) is 8.98. The molecule has 1 aromatic carbocycles. The number of carbonyl (C=O) groups is 2. The molecular formula is C17H15Cl2FN8O3. The van der Waals surface area contributed by atoms with Crippen LogP contribution < -0.4 is 10.2 Å². The molecule has 0 unspecified atom stereocenters. The summed E-state index contributed by atoms with van der Waals surface area (Å²) in [5.74, 6) is -1.20. The third-order valence-electron chi connectivity index (χ3n) is 4.40. The fraction of sp³-hybridized carbons (Fsp3) is 0.294. The average Bonchev–Trinajstić information content (AvgIpc) is 3.48. The number of nitrogens with one attached hydrogen (secondary N) is 1. The molecule has 4 rings (SSSR count). The summed E-state index contributed by atoms with van der Waals surface area (Å²) < 4.78 is 22.8. The molecule has 1 atom stereocenters. The lowest BCUT2D eigenvalue weighted by atomic mass is 10.2. The van der Waals surface area contributed by atoms with Gasteiger partial charge < -0.3 is 10.1 Å². The number of anilines is 1. The number of rotatable bonds is 7. The SMILES string of the molecule is O=C(NC[C@H]1CN(c2ccc(-n3cc(Cn4cncn4)nn3)c(F)c2)C(=O)O1)C(Cl)Cl.